The van der Waals surface area contributed by atoms with Crippen LogP contribution in [-0.4, -0.2) is 6.54 Å². The van der Waals surface area contributed by atoms with E-state index >= 15 is 0 Å². The molecule has 4 aliphatic rings. The van der Waals surface area contributed by atoms with Gasteiger partial charge in [0.15, 0.2) is 0 Å². The van der Waals surface area contributed by atoms with Crippen molar-refractivity contribution in [3.63, 3.8) is 0 Å². The highest BCUT2D eigenvalue weighted by Gasteiger charge is 2.32. The second-order valence-electron chi connectivity index (χ2n) is 13.3. The van der Waals surface area contributed by atoms with Crippen LogP contribution in [-0.2, 0) is 6.54 Å². The summed E-state index contributed by atoms with van der Waals surface area (Å²) in [4.78, 5) is 3.88. The lowest BCUT2D eigenvalue weighted by Crippen LogP contribution is -2.33. The molecule has 9 rings (SSSR count). The number of aryl methyl sites for hydroxylation is 1. The van der Waals surface area contributed by atoms with Crippen molar-refractivity contribution in [2.75, 3.05) is 11.4 Å². The number of allylic oxidation sites excluding steroid dienone is 8. The van der Waals surface area contributed by atoms with Gasteiger partial charge in [0.1, 0.15) is 11.2 Å². The fourth-order valence-corrected chi connectivity index (χ4v) is 10.6. The molecule has 2 unspecified atom stereocenters. The van der Waals surface area contributed by atoms with Gasteiger partial charge in [-0.25, -0.2) is 0 Å². The number of benzene rings is 4. The van der Waals surface area contributed by atoms with Crippen molar-refractivity contribution in [3.8, 4) is 0 Å². The van der Waals surface area contributed by atoms with E-state index < -0.39 is 0 Å². The third-order valence-electron chi connectivity index (χ3n) is 10.6. The van der Waals surface area contributed by atoms with E-state index in [1.165, 1.54) is 95.6 Å². The molecule has 0 radical (unpaired) electrons. The molecule has 2 atom stereocenters. The fourth-order valence-electron chi connectivity index (χ4n) is 8.17. The van der Waals surface area contributed by atoms with Gasteiger partial charge in [0, 0.05) is 23.6 Å². The second kappa shape index (κ2) is 11.4. The predicted molar refractivity (Wildman–Crippen MR) is 198 cm³/mol. The molecule has 1 aliphatic heterocycles. The van der Waals surface area contributed by atoms with Gasteiger partial charge >= 0.3 is 0 Å². The Morgan fingerprint density at radius 1 is 0.783 bits per heavy atom. The first-order valence-electron chi connectivity index (χ1n) is 17.0. The molecule has 46 heavy (non-hydrogen) atoms. The molecule has 2 nitrogen and oxygen atoms in total. The number of anilines is 1. The van der Waals surface area contributed by atoms with Crippen molar-refractivity contribution in [2.45, 2.75) is 57.4 Å². The highest BCUT2D eigenvalue weighted by molar-refractivity contribution is 8.03. The molecule has 4 aromatic carbocycles. The zero-order valence-corrected chi connectivity index (χ0v) is 28.3. The van der Waals surface area contributed by atoms with Crippen LogP contribution in [0.4, 0.5) is 5.69 Å². The van der Waals surface area contributed by atoms with Gasteiger partial charge in [-0.2, -0.15) is 4.57 Å². The van der Waals surface area contributed by atoms with Crippen LogP contribution in [0.5, 0.6) is 0 Å². The minimum Gasteiger partial charge on any atom is -0.335 e. The summed E-state index contributed by atoms with van der Waals surface area (Å²) >= 11 is 3.88. The van der Waals surface area contributed by atoms with Gasteiger partial charge < -0.3 is 4.90 Å². The zero-order valence-electron chi connectivity index (χ0n) is 26.6. The maximum atomic E-state index is 2.57. The van der Waals surface area contributed by atoms with Crippen molar-refractivity contribution in [3.05, 3.63) is 129 Å². The largest absolute Gasteiger partial charge is 0.335 e. The predicted octanol–water partition coefficient (Wildman–Crippen LogP) is 11.4. The van der Waals surface area contributed by atoms with E-state index in [1.807, 2.05) is 23.1 Å². The van der Waals surface area contributed by atoms with Crippen LogP contribution < -0.4 is 9.47 Å². The number of thioether (sulfide) groups is 1. The van der Waals surface area contributed by atoms with Gasteiger partial charge in [-0.05, 0) is 126 Å². The zero-order chi connectivity index (χ0) is 30.8. The van der Waals surface area contributed by atoms with E-state index in [0.29, 0.717) is 11.8 Å². The summed E-state index contributed by atoms with van der Waals surface area (Å²) < 4.78 is 3.88. The molecule has 0 N–H and O–H groups in total. The number of aromatic nitrogens is 1. The molecule has 4 heteroatoms. The fraction of sp³-hybridized carbons (Fsp3) is 0.262. The first kappa shape index (κ1) is 28.4. The molecule has 0 amide bonds. The number of hydrogen-bond donors (Lipinski definition) is 0. The monoisotopic (exact) mass is 635 g/mol. The lowest BCUT2D eigenvalue weighted by molar-refractivity contribution is -0.665. The molecular weight excluding hydrogens is 597 g/mol. The van der Waals surface area contributed by atoms with Gasteiger partial charge in [0.05, 0.1) is 10.7 Å². The summed E-state index contributed by atoms with van der Waals surface area (Å²) in [5.74, 6) is 1.41. The Hall–Kier alpha value is -3.86. The molecule has 0 saturated heterocycles. The Labute approximate surface area is 280 Å². The third kappa shape index (κ3) is 4.89. The number of rotatable bonds is 4. The average molecular weight is 636 g/mol. The van der Waals surface area contributed by atoms with Crippen molar-refractivity contribution >= 4 is 66.6 Å². The number of nitrogens with zero attached hydrogens (tertiary/aromatic N) is 2. The molecule has 228 valence electrons. The standard InChI is InChI=1S/C42H39N2S2/c1-3-43-37-23-29-9-5-7-11-31(29)25-39(37)45-41(43)19-27-13-15-33-21-34-16-14-28(18-36(34)22-35(33)17-27)20-42-44(4-2)38-24-30-10-6-8-12-32(30)26-40(38)46-42/h5-12,17-20,22-26,33-34H,3-4,13-16,21H2,1-2H3/q+1. The van der Waals surface area contributed by atoms with Crippen molar-refractivity contribution in [1.82, 2.24) is 0 Å². The lowest BCUT2D eigenvalue weighted by Gasteiger charge is -2.36. The Balaban J connectivity index is 1.03. The van der Waals surface area contributed by atoms with Crippen molar-refractivity contribution in [1.29, 1.82) is 0 Å². The normalized spacial score (nSPS) is 22.7. The van der Waals surface area contributed by atoms with Crippen LogP contribution in [0, 0.1) is 11.8 Å². The SMILES string of the molecule is CCN1C(=CC2=CC3=CC4=CC(=Cc5sc6cc7ccccc7cc6[n+]5CC)CCC4CC3CC2)Sc2cc3ccccc3cc21. The molecule has 0 saturated carbocycles. The maximum Gasteiger partial charge on any atom is 0.263 e. The van der Waals surface area contributed by atoms with Gasteiger partial charge in [-0.3, -0.25) is 0 Å². The van der Waals surface area contributed by atoms with Crippen LogP contribution in [0.25, 0.3) is 37.8 Å². The van der Waals surface area contributed by atoms with Crippen LogP contribution in [0.3, 0.4) is 0 Å². The molecule has 3 aliphatic carbocycles. The van der Waals surface area contributed by atoms with E-state index in [9.17, 15) is 0 Å². The molecule has 0 bridgehead atoms. The number of hydrogen-bond acceptors (Lipinski definition) is 3. The van der Waals surface area contributed by atoms with Crippen molar-refractivity contribution in [2.24, 2.45) is 11.8 Å². The van der Waals surface area contributed by atoms with E-state index in [1.54, 1.807) is 11.1 Å². The van der Waals surface area contributed by atoms with E-state index in [-0.39, 0.29) is 0 Å². The van der Waals surface area contributed by atoms with E-state index in [4.69, 9.17) is 0 Å². The Morgan fingerprint density at radius 2 is 1.48 bits per heavy atom. The van der Waals surface area contributed by atoms with Gasteiger partial charge in [-0.1, -0.05) is 89.9 Å². The summed E-state index contributed by atoms with van der Waals surface area (Å²) in [5, 5.41) is 8.04. The van der Waals surface area contributed by atoms with Gasteiger partial charge in [0.25, 0.3) is 5.01 Å². The topological polar surface area (TPSA) is 7.12 Å². The van der Waals surface area contributed by atoms with Crippen LogP contribution >= 0.6 is 23.1 Å². The lowest BCUT2D eigenvalue weighted by atomic mass is 9.69. The summed E-state index contributed by atoms with van der Waals surface area (Å²) in [7, 11) is 0. The summed E-state index contributed by atoms with van der Waals surface area (Å²) in [5.41, 5.74) is 8.77. The Morgan fingerprint density at radius 3 is 2.24 bits per heavy atom. The summed E-state index contributed by atoms with van der Waals surface area (Å²) in [6.45, 7) is 6.52. The second-order valence-corrected chi connectivity index (χ2v) is 15.4. The maximum absolute atomic E-state index is 2.57. The molecule has 2 heterocycles. The smallest absolute Gasteiger partial charge is 0.263 e. The Kier molecular flexibility index (Phi) is 7.05. The average Bonchev–Trinajstić information content (AvgIpc) is 3.59. The van der Waals surface area contributed by atoms with E-state index in [0.717, 1.165) is 13.1 Å². The van der Waals surface area contributed by atoms with Crippen molar-refractivity contribution < 1.29 is 4.57 Å². The third-order valence-corrected chi connectivity index (χ3v) is 12.7. The molecule has 1 aromatic heterocycles. The highest BCUT2D eigenvalue weighted by atomic mass is 32.2. The van der Waals surface area contributed by atoms with Gasteiger partial charge in [0.2, 0.25) is 5.52 Å². The molecule has 0 spiro atoms. The van der Waals surface area contributed by atoms with Crippen LogP contribution in [0.2, 0.25) is 0 Å². The molecular formula is C42H39N2S2+. The van der Waals surface area contributed by atoms with E-state index in [2.05, 4.69) is 126 Å². The van der Waals surface area contributed by atoms with Crippen LogP contribution in [0.15, 0.2) is 129 Å². The first-order valence-corrected chi connectivity index (χ1v) is 18.7. The molecule has 5 aromatic rings. The molecule has 0 fully saturated rings. The van der Waals surface area contributed by atoms with Gasteiger partial charge in [-0.15, -0.1) is 0 Å². The number of thiazole rings is 1. The highest BCUT2D eigenvalue weighted by Crippen LogP contribution is 2.49. The minimum absolute atomic E-state index is 0.704. The van der Waals surface area contributed by atoms with Crippen LogP contribution in [0.1, 0.15) is 51.0 Å². The summed E-state index contributed by atoms with van der Waals surface area (Å²) in [6.07, 6.45) is 18.8. The Bertz CT molecular complexity index is 2210. The summed E-state index contributed by atoms with van der Waals surface area (Å²) in [6, 6.07) is 27.0. The number of fused-ring (bicyclic) bond motifs is 6. The first-order chi connectivity index (χ1) is 22.6. The minimum atomic E-state index is 0.704. The quantitative estimate of drug-likeness (QED) is 0.181.